The molecule has 0 saturated carbocycles. The number of hydrogen-bond acceptors (Lipinski definition) is 8. The molecule has 3 aromatic rings. The van der Waals surface area contributed by atoms with Gasteiger partial charge in [-0.3, -0.25) is 4.79 Å². The first-order valence-electron chi connectivity index (χ1n) is 17.0. The number of piperidine rings is 1. The summed E-state index contributed by atoms with van der Waals surface area (Å²) in [7, 11) is -0.820. The highest BCUT2D eigenvalue weighted by Gasteiger charge is 2.30. The number of likely N-dealkylation sites (tertiary alicyclic amines) is 1. The van der Waals surface area contributed by atoms with E-state index in [4.69, 9.17) is 9.47 Å². The standard InChI is InChI=1S/C37H50N4O5S/c1-4-5-15-39-37(42)33-25-36(47(43,44)27-28-22-31(45-2)24-32(23-28)46-3)35(26-34(33)38-16-21-40-17-9-10-18-40)41-19-13-30(14-20-41)29-11-7-6-8-12-29/h6-8,11-12,22-26,30,38H,4-5,9-10,13-21,27H2,1-3H3,(H,39,42). The minimum Gasteiger partial charge on any atom is -0.497 e. The van der Waals surface area contributed by atoms with Crippen molar-refractivity contribution < 1.29 is 22.7 Å². The van der Waals surface area contributed by atoms with Crippen molar-refractivity contribution >= 4 is 27.1 Å². The van der Waals surface area contributed by atoms with Crippen LogP contribution in [-0.4, -0.2) is 79.3 Å². The molecule has 9 nitrogen and oxygen atoms in total. The molecule has 0 spiro atoms. The molecule has 2 heterocycles. The van der Waals surface area contributed by atoms with Crippen molar-refractivity contribution in [2.24, 2.45) is 0 Å². The van der Waals surface area contributed by atoms with Gasteiger partial charge in [0.25, 0.3) is 5.91 Å². The number of methoxy groups -OCH3 is 2. The van der Waals surface area contributed by atoms with E-state index in [1.807, 2.05) is 12.1 Å². The fourth-order valence-corrected chi connectivity index (χ4v) is 8.22. The number of carbonyl (C=O) groups excluding carboxylic acids is 1. The second kappa shape index (κ2) is 16.4. The number of rotatable bonds is 15. The average Bonchev–Trinajstić information content (AvgIpc) is 3.62. The van der Waals surface area contributed by atoms with E-state index < -0.39 is 9.84 Å². The van der Waals surface area contributed by atoms with Crippen LogP contribution in [0.2, 0.25) is 0 Å². The van der Waals surface area contributed by atoms with Crippen molar-refractivity contribution in [3.63, 3.8) is 0 Å². The molecule has 0 atom stereocenters. The Kier molecular flexibility index (Phi) is 12.0. The molecule has 0 unspecified atom stereocenters. The topological polar surface area (TPSA) is 100 Å². The lowest BCUT2D eigenvalue weighted by Crippen LogP contribution is -2.34. The van der Waals surface area contributed by atoms with Gasteiger partial charge < -0.3 is 29.9 Å². The van der Waals surface area contributed by atoms with Crippen LogP contribution >= 0.6 is 0 Å². The summed E-state index contributed by atoms with van der Waals surface area (Å²) in [5, 5.41) is 6.55. The van der Waals surface area contributed by atoms with E-state index in [0.717, 1.165) is 45.3 Å². The van der Waals surface area contributed by atoms with Crippen molar-refractivity contribution in [1.82, 2.24) is 10.2 Å². The molecular formula is C37H50N4O5S. The van der Waals surface area contributed by atoms with Crippen LogP contribution in [0.3, 0.4) is 0 Å². The Morgan fingerprint density at radius 1 is 0.894 bits per heavy atom. The second-order valence-electron chi connectivity index (χ2n) is 12.6. The lowest BCUT2D eigenvalue weighted by Gasteiger charge is -2.35. The van der Waals surface area contributed by atoms with Crippen molar-refractivity contribution in [2.75, 3.05) is 70.2 Å². The third-order valence-electron chi connectivity index (χ3n) is 9.31. The van der Waals surface area contributed by atoms with Gasteiger partial charge in [0, 0.05) is 44.5 Å². The zero-order valence-electron chi connectivity index (χ0n) is 28.1. The highest BCUT2D eigenvalue weighted by molar-refractivity contribution is 7.90. The summed E-state index contributed by atoms with van der Waals surface area (Å²) >= 11 is 0. The summed E-state index contributed by atoms with van der Waals surface area (Å²) in [5.74, 6) is 0.930. The van der Waals surface area contributed by atoms with E-state index in [1.54, 1.807) is 38.5 Å². The van der Waals surface area contributed by atoms with E-state index in [0.29, 0.717) is 66.1 Å². The van der Waals surface area contributed by atoms with Gasteiger partial charge in [-0.2, -0.15) is 0 Å². The van der Waals surface area contributed by atoms with Crippen LogP contribution < -0.4 is 25.0 Å². The smallest absolute Gasteiger partial charge is 0.253 e. The second-order valence-corrected chi connectivity index (χ2v) is 14.6. The Labute approximate surface area is 280 Å². The average molecular weight is 663 g/mol. The molecule has 10 heteroatoms. The predicted molar refractivity (Wildman–Crippen MR) is 189 cm³/mol. The van der Waals surface area contributed by atoms with Gasteiger partial charge in [-0.25, -0.2) is 8.42 Å². The molecule has 1 amide bonds. The third kappa shape index (κ3) is 8.99. The number of carbonyl (C=O) groups is 1. The van der Waals surface area contributed by atoms with E-state index in [2.05, 4.69) is 51.6 Å². The lowest BCUT2D eigenvalue weighted by molar-refractivity contribution is 0.0953. The lowest BCUT2D eigenvalue weighted by atomic mass is 9.89. The summed E-state index contributed by atoms with van der Waals surface area (Å²) in [6.07, 6.45) is 6.03. The first kappa shape index (κ1) is 34.6. The molecule has 2 aliphatic rings. The number of hydrogen-bond donors (Lipinski definition) is 2. The molecule has 5 rings (SSSR count). The monoisotopic (exact) mass is 662 g/mol. The Hall–Kier alpha value is -3.76. The summed E-state index contributed by atoms with van der Waals surface area (Å²) in [6.45, 7) is 7.73. The van der Waals surface area contributed by atoms with Gasteiger partial charge in [-0.15, -0.1) is 0 Å². The van der Waals surface area contributed by atoms with Crippen LogP contribution in [0.25, 0.3) is 0 Å². The number of unbranched alkanes of at least 4 members (excludes halogenated alkanes) is 1. The van der Waals surface area contributed by atoms with E-state index in [-0.39, 0.29) is 16.6 Å². The van der Waals surface area contributed by atoms with E-state index >= 15 is 0 Å². The molecule has 47 heavy (non-hydrogen) atoms. The van der Waals surface area contributed by atoms with Crippen LogP contribution in [-0.2, 0) is 15.6 Å². The molecule has 0 aromatic heterocycles. The van der Waals surface area contributed by atoms with Gasteiger partial charge in [0.15, 0.2) is 9.84 Å². The van der Waals surface area contributed by atoms with Crippen molar-refractivity contribution in [3.8, 4) is 11.5 Å². The molecule has 0 bridgehead atoms. The number of benzene rings is 3. The SMILES string of the molecule is CCCCNC(=O)c1cc(S(=O)(=O)Cc2cc(OC)cc(OC)c2)c(N2CCC(c3ccccc3)CC2)cc1NCCN1CCCC1. The van der Waals surface area contributed by atoms with Gasteiger partial charge in [0.05, 0.1) is 36.1 Å². The summed E-state index contributed by atoms with van der Waals surface area (Å²) in [6, 6.07) is 19.2. The third-order valence-corrected chi connectivity index (χ3v) is 11.0. The zero-order valence-corrected chi connectivity index (χ0v) is 28.9. The minimum atomic E-state index is -3.91. The largest absolute Gasteiger partial charge is 0.497 e. The quantitative estimate of drug-likeness (QED) is 0.189. The van der Waals surface area contributed by atoms with Crippen LogP contribution in [0, 0.1) is 0 Å². The summed E-state index contributed by atoms with van der Waals surface area (Å²) in [5.41, 5.74) is 3.53. The highest BCUT2D eigenvalue weighted by Crippen LogP contribution is 2.38. The number of nitrogens with one attached hydrogen (secondary N) is 2. The highest BCUT2D eigenvalue weighted by atomic mass is 32.2. The van der Waals surface area contributed by atoms with Gasteiger partial charge in [-0.05, 0) is 86.5 Å². The molecule has 2 N–H and O–H groups in total. The van der Waals surface area contributed by atoms with Crippen molar-refractivity contribution in [1.29, 1.82) is 0 Å². The summed E-state index contributed by atoms with van der Waals surface area (Å²) in [4.78, 5) is 18.4. The number of sulfone groups is 1. The van der Waals surface area contributed by atoms with Crippen molar-refractivity contribution in [3.05, 3.63) is 77.4 Å². The molecule has 2 aliphatic heterocycles. The normalized spacial score (nSPS) is 15.9. The maximum Gasteiger partial charge on any atom is 0.253 e. The first-order valence-corrected chi connectivity index (χ1v) is 18.6. The van der Waals surface area contributed by atoms with Gasteiger partial charge >= 0.3 is 0 Å². The molecule has 254 valence electrons. The molecule has 2 fully saturated rings. The van der Waals surface area contributed by atoms with Crippen LogP contribution in [0.5, 0.6) is 11.5 Å². The summed E-state index contributed by atoms with van der Waals surface area (Å²) < 4.78 is 39.7. The molecule has 0 radical (unpaired) electrons. The van der Waals surface area contributed by atoms with E-state index in [9.17, 15) is 13.2 Å². The Bertz CT molecular complexity index is 1560. The maximum atomic E-state index is 14.4. The fraction of sp³-hybridized carbons (Fsp3) is 0.486. The van der Waals surface area contributed by atoms with Gasteiger partial charge in [0.1, 0.15) is 11.5 Å². The Morgan fingerprint density at radius 2 is 1.57 bits per heavy atom. The number of anilines is 2. The molecule has 2 saturated heterocycles. The Balaban J connectivity index is 1.52. The zero-order chi connectivity index (χ0) is 33.2. The van der Waals surface area contributed by atoms with Crippen LogP contribution in [0.15, 0.2) is 65.6 Å². The molecule has 3 aromatic carbocycles. The van der Waals surface area contributed by atoms with Crippen molar-refractivity contribution in [2.45, 2.75) is 62.0 Å². The van der Waals surface area contributed by atoms with Crippen LogP contribution in [0.1, 0.15) is 72.9 Å². The predicted octanol–water partition coefficient (Wildman–Crippen LogP) is 6.10. The van der Waals surface area contributed by atoms with Crippen LogP contribution in [0.4, 0.5) is 11.4 Å². The number of ether oxygens (including phenoxy) is 2. The molecular weight excluding hydrogens is 612 g/mol. The van der Waals surface area contributed by atoms with Gasteiger partial charge in [-0.1, -0.05) is 43.7 Å². The Morgan fingerprint density at radius 3 is 2.21 bits per heavy atom. The number of nitrogens with zero attached hydrogens (tertiary/aromatic N) is 2. The molecule has 0 aliphatic carbocycles. The van der Waals surface area contributed by atoms with Gasteiger partial charge in [0.2, 0.25) is 0 Å². The number of amides is 1. The maximum absolute atomic E-state index is 14.4. The minimum absolute atomic E-state index is 0.170. The first-order chi connectivity index (χ1) is 22.8. The fourth-order valence-electron chi connectivity index (χ4n) is 6.65. The van der Waals surface area contributed by atoms with E-state index in [1.165, 1.54) is 18.4 Å².